The van der Waals surface area contributed by atoms with Gasteiger partial charge in [-0.05, 0) is 34.3 Å². The van der Waals surface area contributed by atoms with Crippen LogP contribution < -0.4 is 16.1 Å². The van der Waals surface area contributed by atoms with Crippen molar-refractivity contribution < 1.29 is 4.43 Å². The van der Waals surface area contributed by atoms with E-state index in [1.165, 1.54) is 15.9 Å². The predicted molar refractivity (Wildman–Crippen MR) is 157 cm³/mol. The highest BCUT2D eigenvalue weighted by molar-refractivity contribution is 6.99. The Kier molecular flexibility index (Phi) is 8.35. The van der Waals surface area contributed by atoms with E-state index in [2.05, 4.69) is 120 Å². The smallest absolute Gasteiger partial charge is 0.328 e. The summed E-state index contributed by atoms with van der Waals surface area (Å²) in [7, 11) is -2.61. The van der Waals surface area contributed by atoms with Gasteiger partial charge in [-0.3, -0.25) is 9.13 Å². The molecule has 5 heteroatoms. The predicted octanol–water partition coefficient (Wildman–Crippen LogP) is 5.54. The van der Waals surface area contributed by atoms with E-state index < -0.39 is 8.32 Å². The van der Waals surface area contributed by atoms with Gasteiger partial charge in [0, 0.05) is 31.5 Å². The molecule has 4 aromatic rings. The van der Waals surface area contributed by atoms with E-state index in [0.29, 0.717) is 26.1 Å². The van der Waals surface area contributed by atoms with E-state index in [4.69, 9.17) is 4.43 Å². The molecule has 1 aromatic heterocycles. The highest BCUT2D eigenvalue weighted by atomic mass is 28.4. The van der Waals surface area contributed by atoms with Gasteiger partial charge in [-0.2, -0.15) is 0 Å². The normalized spacial score (nSPS) is 12.1. The van der Waals surface area contributed by atoms with Crippen LogP contribution in [0.3, 0.4) is 0 Å². The van der Waals surface area contributed by atoms with E-state index in [0.717, 1.165) is 17.7 Å². The zero-order valence-electron chi connectivity index (χ0n) is 22.9. The standard InChI is InChI=1S/C32H40N2O2Si/c1-6-22-34-28(25-33(31(34)35)24-27-19-17-26(2)18-20-27)21-23-36-37(32(3,4)5,29-13-9-7-10-14-29)30-15-11-8-12-16-30/h7-20,25H,6,21-24H2,1-5H3. The summed E-state index contributed by atoms with van der Waals surface area (Å²) >= 11 is 0. The first kappa shape index (κ1) is 26.9. The molecule has 0 unspecified atom stereocenters. The van der Waals surface area contributed by atoms with Crippen LogP contribution in [0.15, 0.2) is 95.9 Å². The van der Waals surface area contributed by atoms with Gasteiger partial charge in [-0.15, -0.1) is 0 Å². The largest absolute Gasteiger partial charge is 0.407 e. The summed E-state index contributed by atoms with van der Waals surface area (Å²) in [6.07, 6.45) is 3.64. The van der Waals surface area contributed by atoms with E-state index >= 15 is 0 Å². The van der Waals surface area contributed by atoms with E-state index in [-0.39, 0.29) is 10.7 Å². The lowest BCUT2D eigenvalue weighted by molar-refractivity contribution is 0.298. The van der Waals surface area contributed by atoms with Crippen molar-refractivity contribution in [1.29, 1.82) is 0 Å². The van der Waals surface area contributed by atoms with Gasteiger partial charge in [0.1, 0.15) is 0 Å². The zero-order chi connectivity index (χ0) is 26.5. The average Bonchev–Trinajstić information content (AvgIpc) is 3.17. The molecule has 3 aromatic carbocycles. The van der Waals surface area contributed by atoms with Gasteiger partial charge in [0.25, 0.3) is 8.32 Å². The third kappa shape index (κ3) is 5.73. The molecule has 0 aliphatic carbocycles. The maximum absolute atomic E-state index is 13.3. The Balaban J connectivity index is 1.65. The van der Waals surface area contributed by atoms with Crippen LogP contribution in [0, 0.1) is 6.92 Å². The molecular formula is C32H40N2O2Si. The molecule has 0 aliphatic heterocycles. The maximum Gasteiger partial charge on any atom is 0.328 e. The van der Waals surface area contributed by atoms with Crippen LogP contribution in [-0.2, 0) is 23.9 Å². The molecule has 4 rings (SSSR count). The van der Waals surface area contributed by atoms with Crippen molar-refractivity contribution in [3.05, 3.63) is 118 Å². The Labute approximate surface area is 222 Å². The quantitative estimate of drug-likeness (QED) is 0.262. The molecule has 4 nitrogen and oxygen atoms in total. The summed E-state index contributed by atoms with van der Waals surface area (Å²) in [4.78, 5) is 13.3. The molecule has 0 radical (unpaired) electrons. The molecule has 0 saturated carbocycles. The molecule has 0 fully saturated rings. The Morgan fingerprint density at radius 1 is 0.838 bits per heavy atom. The second kappa shape index (κ2) is 11.5. The van der Waals surface area contributed by atoms with Gasteiger partial charge in [0.2, 0.25) is 0 Å². The number of hydrogen-bond donors (Lipinski definition) is 0. The summed E-state index contributed by atoms with van der Waals surface area (Å²) in [5.41, 5.74) is 3.46. The minimum absolute atomic E-state index is 0.0582. The van der Waals surface area contributed by atoms with Crippen molar-refractivity contribution in [3.63, 3.8) is 0 Å². The minimum Gasteiger partial charge on any atom is -0.407 e. The summed E-state index contributed by atoms with van der Waals surface area (Å²) in [6.45, 7) is 12.9. The Morgan fingerprint density at radius 2 is 1.41 bits per heavy atom. The molecule has 0 aliphatic rings. The topological polar surface area (TPSA) is 36.2 Å². The fourth-order valence-electron chi connectivity index (χ4n) is 5.32. The van der Waals surface area contributed by atoms with Crippen LogP contribution >= 0.6 is 0 Å². The van der Waals surface area contributed by atoms with Crippen molar-refractivity contribution in [1.82, 2.24) is 9.13 Å². The summed E-state index contributed by atoms with van der Waals surface area (Å²) < 4.78 is 10.9. The SMILES string of the molecule is CCCn1c(CCO[Si](c2ccccc2)(c2ccccc2)C(C)(C)C)cn(Cc2ccc(C)cc2)c1=O. The van der Waals surface area contributed by atoms with Gasteiger partial charge in [-0.1, -0.05) is 118 Å². The summed E-state index contributed by atoms with van der Waals surface area (Å²) in [5.74, 6) is 0. The fourth-order valence-corrected chi connectivity index (χ4v) is 9.88. The summed E-state index contributed by atoms with van der Waals surface area (Å²) in [6, 6.07) is 29.8. The van der Waals surface area contributed by atoms with Crippen LogP contribution in [-0.4, -0.2) is 24.1 Å². The van der Waals surface area contributed by atoms with Gasteiger partial charge in [0.15, 0.2) is 0 Å². The lowest BCUT2D eigenvalue weighted by Crippen LogP contribution is -2.66. The van der Waals surface area contributed by atoms with Crippen molar-refractivity contribution in [2.75, 3.05) is 6.61 Å². The first-order chi connectivity index (χ1) is 17.8. The molecule has 0 spiro atoms. The number of hydrogen-bond acceptors (Lipinski definition) is 2. The third-order valence-corrected chi connectivity index (χ3v) is 12.2. The van der Waals surface area contributed by atoms with Crippen LogP contribution in [0.5, 0.6) is 0 Å². The molecule has 1 heterocycles. The second-order valence-electron chi connectivity index (χ2n) is 10.9. The highest BCUT2D eigenvalue weighted by Gasteiger charge is 2.50. The second-order valence-corrected chi connectivity index (χ2v) is 15.2. The fraction of sp³-hybridized carbons (Fsp3) is 0.344. The molecule has 0 amide bonds. The van der Waals surface area contributed by atoms with Crippen molar-refractivity contribution in [3.8, 4) is 0 Å². The molecule has 0 bridgehead atoms. The molecule has 0 saturated heterocycles. The Morgan fingerprint density at radius 3 is 1.92 bits per heavy atom. The number of imidazole rings is 1. The first-order valence-electron chi connectivity index (χ1n) is 13.4. The number of nitrogens with zero attached hydrogens (tertiary/aromatic N) is 2. The third-order valence-electron chi connectivity index (χ3n) is 7.14. The monoisotopic (exact) mass is 512 g/mol. The molecule has 194 valence electrons. The number of aryl methyl sites for hydroxylation is 1. The number of rotatable bonds is 10. The van der Waals surface area contributed by atoms with Crippen LogP contribution in [0.25, 0.3) is 0 Å². The Bertz CT molecular complexity index is 1290. The average molecular weight is 513 g/mol. The van der Waals surface area contributed by atoms with Crippen LogP contribution in [0.4, 0.5) is 0 Å². The first-order valence-corrected chi connectivity index (χ1v) is 15.3. The minimum atomic E-state index is -2.61. The zero-order valence-corrected chi connectivity index (χ0v) is 23.9. The number of benzene rings is 3. The molecule has 0 atom stereocenters. The Hall–Kier alpha value is -3.15. The lowest BCUT2D eigenvalue weighted by Gasteiger charge is -2.43. The highest BCUT2D eigenvalue weighted by Crippen LogP contribution is 2.36. The van der Waals surface area contributed by atoms with Gasteiger partial charge >= 0.3 is 5.69 Å². The van der Waals surface area contributed by atoms with Crippen LogP contribution in [0.1, 0.15) is 50.9 Å². The molecule has 37 heavy (non-hydrogen) atoms. The van der Waals surface area contributed by atoms with Gasteiger partial charge in [0.05, 0.1) is 6.54 Å². The van der Waals surface area contributed by atoms with Crippen molar-refractivity contribution >= 4 is 18.7 Å². The molecular weight excluding hydrogens is 472 g/mol. The van der Waals surface area contributed by atoms with Crippen molar-refractivity contribution in [2.45, 2.75) is 65.6 Å². The molecule has 0 N–H and O–H groups in total. The van der Waals surface area contributed by atoms with E-state index in [1.807, 2.05) is 15.3 Å². The van der Waals surface area contributed by atoms with E-state index in [9.17, 15) is 4.79 Å². The maximum atomic E-state index is 13.3. The number of aromatic nitrogens is 2. The van der Waals surface area contributed by atoms with E-state index in [1.54, 1.807) is 0 Å². The lowest BCUT2D eigenvalue weighted by atomic mass is 10.1. The van der Waals surface area contributed by atoms with Crippen molar-refractivity contribution in [2.24, 2.45) is 0 Å². The van der Waals surface area contributed by atoms with Gasteiger partial charge in [-0.25, -0.2) is 4.79 Å². The van der Waals surface area contributed by atoms with Crippen LogP contribution in [0.2, 0.25) is 5.04 Å². The summed E-state index contributed by atoms with van der Waals surface area (Å²) in [5, 5.41) is 2.48. The van der Waals surface area contributed by atoms with Gasteiger partial charge < -0.3 is 4.43 Å².